The number of ether oxygens (including phenoxy) is 1. The molecule has 0 saturated heterocycles. The minimum absolute atomic E-state index is 0.686. The molecule has 2 aromatic carbocycles. The minimum atomic E-state index is 0.686. The van der Waals surface area contributed by atoms with Crippen molar-refractivity contribution >= 4 is 16.6 Å². The first-order valence-corrected chi connectivity index (χ1v) is 5.57. The molecule has 0 amide bonds. The third-order valence-electron chi connectivity index (χ3n) is 2.62. The van der Waals surface area contributed by atoms with Crippen molar-refractivity contribution in [2.24, 2.45) is 0 Å². The van der Waals surface area contributed by atoms with Gasteiger partial charge in [-0.15, -0.1) is 0 Å². The summed E-state index contributed by atoms with van der Waals surface area (Å²) in [6, 6.07) is 15.0. The maximum absolute atomic E-state index is 5.79. The lowest BCUT2D eigenvalue weighted by Crippen LogP contribution is -1.90. The topological polar surface area (TPSA) is 61.0 Å². The largest absolute Gasteiger partial charge is 0.455 e. The molecule has 0 spiro atoms. The molecular formula is C14H11N3O. The summed E-state index contributed by atoms with van der Waals surface area (Å²) < 4.78 is 5.79. The molecule has 88 valence electrons. The molecule has 4 nitrogen and oxygen atoms in total. The summed E-state index contributed by atoms with van der Waals surface area (Å²) in [5.74, 6) is 1.41. The van der Waals surface area contributed by atoms with Crippen LogP contribution in [0.1, 0.15) is 0 Å². The van der Waals surface area contributed by atoms with Gasteiger partial charge in [-0.25, -0.2) is 0 Å². The van der Waals surface area contributed by atoms with Gasteiger partial charge in [0.15, 0.2) is 5.75 Å². The van der Waals surface area contributed by atoms with Crippen LogP contribution in [0.15, 0.2) is 54.7 Å². The van der Waals surface area contributed by atoms with Gasteiger partial charge in [0.25, 0.3) is 0 Å². The molecule has 18 heavy (non-hydrogen) atoms. The molecule has 0 aliphatic carbocycles. The number of rotatable bonds is 2. The number of benzene rings is 2. The first-order valence-electron chi connectivity index (χ1n) is 5.57. The summed E-state index contributed by atoms with van der Waals surface area (Å²) in [4.78, 5) is 0. The van der Waals surface area contributed by atoms with Crippen LogP contribution in [-0.4, -0.2) is 10.2 Å². The average molecular weight is 237 g/mol. The number of hydrogen-bond acceptors (Lipinski definition) is 4. The third-order valence-corrected chi connectivity index (χ3v) is 2.62. The highest BCUT2D eigenvalue weighted by atomic mass is 16.5. The van der Waals surface area contributed by atoms with Gasteiger partial charge < -0.3 is 10.5 Å². The Morgan fingerprint density at radius 1 is 0.944 bits per heavy atom. The van der Waals surface area contributed by atoms with Crippen molar-refractivity contribution in [3.05, 3.63) is 54.7 Å². The Bertz CT molecular complexity index is 675. The van der Waals surface area contributed by atoms with Crippen molar-refractivity contribution < 1.29 is 4.74 Å². The van der Waals surface area contributed by atoms with Crippen LogP contribution in [-0.2, 0) is 0 Å². The molecule has 0 atom stereocenters. The van der Waals surface area contributed by atoms with Crippen LogP contribution in [0.4, 0.5) is 5.69 Å². The lowest BCUT2D eigenvalue weighted by Gasteiger charge is -2.07. The molecule has 0 fully saturated rings. The van der Waals surface area contributed by atoms with E-state index in [1.807, 2.05) is 36.4 Å². The summed E-state index contributed by atoms with van der Waals surface area (Å²) in [6.45, 7) is 0. The van der Waals surface area contributed by atoms with E-state index in [1.165, 1.54) is 0 Å². The minimum Gasteiger partial charge on any atom is -0.455 e. The molecule has 3 rings (SSSR count). The Hall–Kier alpha value is -2.62. The summed E-state index contributed by atoms with van der Waals surface area (Å²) in [7, 11) is 0. The first-order chi connectivity index (χ1) is 8.83. The number of anilines is 1. The number of nitrogen functional groups attached to an aromatic ring is 1. The van der Waals surface area contributed by atoms with Crippen molar-refractivity contribution in [3.8, 4) is 11.5 Å². The van der Waals surface area contributed by atoms with Gasteiger partial charge >= 0.3 is 0 Å². The Labute approximate surface area is 104 Å². The fourth-order valence-electron chi connectivity index (χ4n) is 1.73. The molecule has 0 radical (unpaired) electrons. The van der Waals surface area contributed by atoms with Crippen LogP contribution in [0, 0.1) is 0 Å². The Morgan fingerprint density at radius 2 is 1.72 bits per heavy atom. The third kappa shape index (κ3) is 1.96. The normalized spacial score (nSPS) is 10.4. The standard InChI is InChI=1S/C14H11N3O/c15-10-5-7-11(8-6-10)18-14-9-16-17-13-4-2-1-3-12(13)14/h1-9H,15H2. The zero-order valence-corrected chi connectivity index (χ0v) is 9.58. The van der Waals surface area contributed by atoms with E-state index in [0.29, 0.717) is 11.4 Å². The van der Waals surface area contributed by atoms with Crippen LogP contribution in [0.5, 0.6) is 11.5 Å². The first kappa shape index (κ1) is 10.5. The Kier molecular flexibility index (Phi) is 2.53. The van der Waals surface area contributed by atoms with Gasteiger partial charge in [-0.05, 0) is 36.4 Å². The van der Waals surface area contributed by atoms with Crippen LogP contribution >= 0.6 is 0 Å². The van der Waals surface area contributed by atoms with Crippen molar-refractivity contribution in [3.63, 3.8) is 0 Å². The van der Waals surface area contributed by atoms with E-state index in [9.17, 15) is 0 Å². The monoisotopic (exact) mass is 237 g/mol. The number of fused-ring (bicyclic) bond motifs is 1. The lowest BCUT2D eigenvalue weighted by molar-refractivity contribution is 0.485. The Balaban J connectivity index is 2.02. The van der Waals surface area contributed by atoms with Crippen LogP contribution < -0.4 is 10.5 Å². The predicted molar refractivity (Wildman–Crippen MR) is 70.5 cm³/mol. The SMILES string of the molecule is Nc1ccc(Oc2cnnc3ccccc23)cc1. The number of aromatic nitrogens is 2. The highest BCUT2D eigenvalue weighted by Crippen LogP contribution is 2.27. The molecule has 0 saturated carbocycles. The van der Waals surface area contributed by atoms with Gasteiger partial charge in [0.2, 0.25) is 0 Å². The molecule has 2 N–H and O–H groups in total. The van der Waals surface area contributed by atoms with E-state index >= 15 is 0 Å². The smallest absolute Gasteiger partial charge is 0.156 e. The van der Waals surface area contributed by atoms with E-state index in [1.54, 1.807) is 18.3 Å². The average Bonchev–Trinajstić information content (AvgIpc) is 2.42. The molecule has 1 heterocycles. The molecule has 3 aromatic rings. The second kappa shape index (κ2) is 4.33. The molecule has 4 heteroatoms. The molecule has 0 bridgehead atoms. The van der Waals surface area contributed by atoms with Crippen molar-refractivity contribution in [1.82, 2.24) is 10.2 Å². The van der Waals surface area contributed by atoms with Gasteiger partial charge in [0, 0.05) is 11.1 Å². The maximum Gasteiger partial charge on any atom is 0.156 e. The highest BCUT2D eigenvalue weighted by molar-refractivity contribution is 5.84. The fraction of sp³-hybridized carbons (Fsp3) is 0. The Morgan fingerprint density at radius 3 is 2.56 bits per heavy atom. The maximum atomic E-state index is 5.79. The second-order valence-corrected chi connectivity index (χ2v) is 3.90. The van der Waals surface area contributed by atoms with Gasteiger partial charge in [-0.2, -0.15) is 10.2 Å². The summed E-state index contributed by atoms with van der Waals surface area (Å²) in [6.07, 6.45) is 1.61. The summed E-state index contributed by atoms with van der Waals surface area (Å²) in [5, 5.41) is 8.91. The van der Waals surface area contributed by atoms with E-state index in [2.05, 4.69) is 10.2 Å². The van der Waals surface area contributed by atoms with E-state index in [0.717, 1.165) is 16.7 Å². The number of nitrogens with zero attached hydrogens (tertiary/aromatic N) is 2. The molecule has 0 aliphatic rings. The lowest BCUT2D eigenvalue weighted by atomic mass is 10.2. The van der Waals surface area contributed by atoms with Crippen molar-refractivity contribution in [2.75, 3.05) is 5.73 Å². The van der Waals surface area contributed by atoms with Gasteiger partial charge in [-0.3, -0.25) is 0 Å². The van der Waals surface area contributed by atoms with Gasteiger partial charge in [0.1, 0.15) is 5.75 Å². The van der Waals surface area contributed by atoms with Gasteiger partial charge in [-0.1, -0.05) is 12.1 Å². The van der Waals surface area contributed by atoms with Crippen LogP contribution in [0.3, 0.4) is 0 Å². The number of hydrogen-bond donors (Lipinski definition) is 1. The van der Waals surface area contributed by atoms with Gasteiger partial charge in [0.05, 0.1) is 11.7 Å². The quantitative estimate of drug-likeness (QED) is 0.696. The number of nitrogens with two attached hydrogens (primary N) is 1. The summed E-state index contributed by atoms with van der Waals surface area (Å²) in [5.41, 5.74) is 7.15. The highest BCUT2D eigenvalue weighted by Gasteiger charge is 2.04. The van der Waals surface area contributed by atoms with E-state index in [-0.39, 0.29) is 0 Å². The van der Waals surface area contributed by atoms with Crippen LogP contribution in [0.2, 0.25) is 0 Å². The zero-order valence-electron chi connectivity index (χ0n) is 9.58. The molecular weight excluding hydrogens is 226 g/mol. The van der Waals surface area contributed by atoms with E-state index < -0.39 is 0 Å². The van der Waals surface area contributed by atoms with Crippen LogP contribution in [0.25, 0.3) is 10.9 Å². The molecule has 0 unspecified atom stereocenters. The molecule has 1 aromatic heterocycles. The second-order valence-electron chi connectivity index (χ2n) is 3.90. The summed E-state index contributed by atoms with van der Waals surface area (Å²) >= 11 is 0. The van der Waals surface area contributed by atoms with E-state index in [4.69, 9.17) is 10.5 Å². The van der Waals surface area contributed by atoms with Crippen molar-refractivity contribution in [2.45, 2.75) is 0 Å². The predicted octanol–water partition coefficient (Wildman–Crippen LogP) is 3.00. The fourth-order valence-corrected chi connectivity index (χ4v) is 1.73. The zero-order chi connectivity index (χ0) is 12.4. The molecule has 0 aliphatic heterocycles. The van der Waals surface area contributed by atoms with Crippen molar-refractivity contribution in [1.29, 1.82) is 0 Å².